The fourth-order valence-electron chi connectivity index (χ4n) is 0. The Morgan fingerprint density at radius 2 is 0.727 bits per heavy atom. The van der Waals surface area contributed by atoms with Gasteiger partial charge in [0, 0.05) is 0 Å². The van der Waals surface area contributed by atoms with Crippen molar-refractivity contribution in [2.24, 2.45) is 0 Å². The Bertz CT molecular complexity index is 92.7. The second kappa shape index (κ2) is 22.5. The van der Waals surface area contributed by atoms with Crippen LogP contribution in [0.15, 0.2) is 0 Å². The Morgan fingerprint density at radius 1 is 0.727 bits per heavy atom. The molecular weight excluding hydrogens is 215 g/mol. The first-order valence-corrected chi connectivity index (χ1v) is 2.10. The maximum absolute atomic E-state index is 8.74. The Morgan fingerprint density at radius 3 is 0.727 bits per heavy atom. The van der Waals surface area contributed by atoms with Crippen molar-refractivity contribution in [1.82, 2.24) is 0 Å². The summed E-state index contributed by atoms with van der Waals surface area (Å²) in [7, 11) is -4.67. The molecule has 0 radical (unpaired) electrons. The minimum absolute atomic E-state index is 0. The van der Waals surface area contributed by atoms with Crippen molar-refractivity contribution >= 4 is 61.8 Å². The molecule has 0 heterocycles. The van der Waals surface area contributed by atoms with Crippen LogP contribution < -0.4 is 0 Å². The standard InChI is InChI=1S/K.H2O4S.5H2O.H/c;1-5(2,3)4;;;;;;/h;(H2,1,2,3,4);5*1H2;. The van der Waals surface area contributed by atoms with E-state index in [9.17, 15) is 0 Å². The average Bonchev–Trinajstić information content (AvgIpc) is 0.722. The van der Waals surface area contributed by atoms with Gasteiger partial charge in [-0.2, -0.15) is 8.42 Å². The van der Waals surface area contributed by atoms with Crippen molar-refractivity contribution in [2.45, 2.75) is 0 Å². The molecule has 0 saturated heterocycles. The molecule has 0 amide bonds. The number of rotatable bonds is 0. The quantitative estimate of drug-likeness (QED) is 0.305. The summed E-state index contributed by atoms with van der Waals surface area (Å²) in [4.78, 5) is 0. The van der Waals surface area contributed by atoms with Gasteiger partial charge < -0.3 is 27.4 Å². The van der Waals surface area contributed by atoms with Crippen molar-refractivity contribution in [2.75, 3.05) is 0 Å². The molecule has 11 heavy (non-hydrogen) atoms. The zero-order chi connectivity index (χ0) is 4.50. The van der Waals surface area contributed by atoms with Gasteiger partial charge in [-0.25, -0.2) is 0 Å². The van der Waals surface area contributed by atoms with Gasteiger partial charge in [-0.1, -0.05) is 0 Å². The molecule has 74 valence electrons. The van der Waals surface area contributed by atoms with Gasteiger partial charge in [0.25, 0.3) is 0 Å². The third-order valence-corrected chi connectivity index (χ3v) is 0. The summed E-state index contributed by atoms with van der Waals surface area (Å²) in [5.74, 6) is 0. The zero-order valence-corrected chi connectivity index (χ0v) is 5.44. The molecule has 0 aromatic carbocycles. The number of hydrogen-bond acceptors (Lipinski definition) is 2. The normalized spacial score (nSPS) is 5.27. The van der Waals surface area contributed by atoms with Crippen molar-refractivity contribution < 1.29 is 44.9 Å². The minimum atomic E-state index is -4.67. The molecule has 0 aromatic rings. The molecule has 0 bridgehead atoms. The van der Waals surface area contributed by atoms with Crippen LogP contribution in [0.1, 0.15) is 0 Å². The first-order valence-electron chi connectivity index (χ1n) is 0.698. The molecule has 0 unspecified atom stereocenters. The van der Waals surface area contributed by atoms with E-state index in [0.29, 0.717) is 0 Å². The monoisotopic (exact) mass is 228 g/mol. The second-order valence-corrected chi connectivity index (χ2v) is 1.34. The molecule has 11 heteroatoms. The molecule has 0 fully saturated rings. The van der Waals surface area contributed by atoms with E-state index < -0.39 is 10.4 Å². The van der Waals surface area contributed by atoms with Gasteiger partial charge >= 0.3 is 61.8 Å². The SMILES string of the molecule is O.O.O.O.O.O=S(=O)(O)O.[KH]. The first-order chi connectivity index (χ1) is 2.00. The van der Waals surface area contributed by atoms with Gasteiger partial charge in [0.15, 0.2) is 0 Å². The fourth-order valence-corrected chi connectivity index (χ4v) is 0. The van der Waals surface area contributed by atoms with Crippen molar-refractivity contribution in [3.8, 4) is 0 Å². The van der Waals surface area contributed by atoms with E-state index in [1.54, 1.807) is 0 Å². The van der Waals surface area contributed by atoms with E-state index in [-0.39, 0.29) is 78.8 Å². The second-order valence-electron chi connectivity index (χ2n) is 0.448. The summed E-state index contributed by atoms with van der Waals surface area (Å²) in [6.07, 6.45) is 0. The molecule has 0 aromatic heterocycles. The van der Waals surface area contributed by atoms with Gasteiger partial charge in [-0.3, -0.25) is 9.11 Å². The van der Waals surface area contributed by atoms with Gasteiger partial charge in [0.1, 0.15) is 0 Å². The molecule has 0 spiro atoms. The summed E-state index contributed by atoms with van der Waals surface area (Å²) < 4.78 is 31.6. The topological polar surface area (TPSA) is 232 Å². The third-order valence-electron chi connectivity index (χ3n) is 0. The number of hydrogen-bond donors (Lipinski definition) is 2. The van der Waals surface area contributed by atoms with Crippen LogP contribution in [0.5, 0.6) is 0 Å². The van der Waals surface area contributed by atoms with E-state index in [1.165, 1.54) is 0 Å². The Hall–Kier alpha value is 1.31. The summed E-state index contributed by atoms with van der Waals surface area (Å²) in [6.45, 7) is 0. The van der Waals surface area contributed by atoms with Crippen LogP contribution in [0.4, 0.5) is 0 Å². The summed E-state index contributed by atoms with van der Waals surface area (Å²) >= 11 is 0. The zero-order valence-electron chi connectivity index (χ0n) is 4.62. The predicted molar refractivity (Wildman–Crippen MR) is 39.4 cm³/mol. The van der Waals surface area contributed by atoms with E-state index in [4.69, 9.17) is 17.5 Å². The van der Waals surface area contributed by atoms with Crippen molar-refractivity contribution in [3.63, 3.8) is 0 Å². The first kappa shape index (κ1) is 55.9. The van der Waals surface area contributed by atoms with Crippen LogP contribution in [-0.4, -0.2) is 96.3 Å². The molecular formula is H13KO9S. The van der Waals surface area contributed by atoms with Crippen LogP contribution >= 0.6 is 0 Å². The Kier molecular flexibility index (Phi) is 114. The van der Waals surface area contributed by atoms with Crippen LogP contribution in [0.2, 0.25) is 0 Å². The van der Waals surface area contributed by atoms with Crippen LogP contribution in [0.25, 0.3) is 0 Å². The average molecular weight is 228 g/mol. The summed E-state index contributed by atoms with van der Waals surface area (Å²) in [5, 5.41) is 0. The van der Waals surface area contributed by atoms with E-state index in [2.05, 4.69) is 0 Å². The summed E-state index contributed by atoms with van der Waals surface area (Å²) in [5.41, 5.74) is 0. The van der Waals surface area contributed by atoms with E-state index in [0.717, 1.165) is 0 Å². The molecule has 12 N–H and O–H groups in total. The van der Waals surface area contributed by atoms with Crippen molar-refractivity contribution in [3.05, 3.63) is 0 Å². The van der Waals surface area contributed by atoms with Crippen LogP contribution in [0, 0.1) is 0 Å². The molecule has 0 aliphatic carbocycles. The molecule has 0 atom stereocenters. The Balaban J connectivity index is -0.00000000533. The van der Waals surface area contributed by atoms with Crippen molar-refractivity contribution in [1.29, 1.82) is 0 Å². The van der Waals surface area contributed by atoms with E-state index in [1.807, 2.05) is 0 Å². The van der Waals surface area contributed by atoms with Crippen LogP contribution in [0.3, 0.4) is 0 Å². The molecule has 0 aliphatic heterocycles. The molecule has 0 aliphatic rings. The van der Waals surface area contributed by atoms with Gasteiger partial charge in [-0.05, 0) is 0 Å². The van der Waals surface area contributed by atoms with Gasteiger partial charge in [-0.15, -0.1) is 0 Å². The third kappa shape index (κ3) is 574. The van der Waals surface area contributed by atoms with E-state index >= 15 is 0 Å². The van der Waals surface area contributed by atoms with Crippen LogP contribution in [-0.2, 0) is 10.4 Å². The predicted octanol–water partition coefficient (Wildman–Crippen LogP) is -5.42. The fraction of sp³-hybridized carbons (Fsp3) is 0. The van der Waals surface area contributed by atoms with Gasteiger partial charge in [0.2, 0.25) is 0 Å². The molecule has 0 saturated carbocycles. The Labute approximate surface area is 105 Å². The van der Waals surface area contributed by atoms with Gasteiger partial charge in [0.05, 0.1) is 0 Å². The maximum atomic E-state index is 8.74. The molecule has 0 rings (SSSR count). The molecule has 9 nitrogen and oxygen atoms in total. The summed E-state index contributed by atoms with van der Waals surface area (Å²) in [6, 6.07) is 0.